The van der Waals surface area contributed by atoms with Crippen LogP contribution in [0.25, 0.3) is 0 Å². The zero-order valence-electron chi connectivity index (χ0n) is 8.14. The van der Waals surface area contributed by atoms with Gasteiger partial charge in [0.05, 0.1) is 7.11 Å². The lowest BCUT2D eigenvalue weighted by molar-refractivity contribution is -0.139. The Labute approximate surface area is 85.1 Å². The summed E-state index contributed by atoms with van der Waals surface area (Å²) in [6, 6.07) is 1.01. The fourth-order valence-electron chi connectivity index (χ4n) is 1.16. The van der Waals surface area contributed by atoms with Crippen LogP contribution in [0.15, 0.2) is 12.3 Å². The van der Waals surface area contributed by atoms with Crippen molar-refractivity contribution in [2.75, 3.05) is 13.7 Å². The molecule has 2 N–H and O–H groups in total. The van der Waals surface area contributed by atoms with Gasteiger partial charge >= 0.3 is 6.18 Å². The Balaban J connectivity index is 3.13. The van der Waals surface area contributed by atoms with Crippen LogP contribution in [0.2, 0.25) is 0 Å². The molecule has 1 aromatic heterocycles. The SMILES string of the molecule is COc1ncc(CCN)cc1C(F)(F)F. The van der Waals surface area contributed by atoms with Crippen molar-refractivity contribution in [2.45, 2.75) is 12.6 Å². The monoisotopic (exact) mass is 220 g/mol. The summed E-state index contributed by atoms with van der Waals surface area (Å²) in [6.07, 6.45) is -2.76. The van der Waals surface area contributed by atoms with Gasteiger partial charge in [0.1, 0.15) is 5.56 Å². The van der Waals surface area contributed by atoms with E-state index in [2.05, 4.69) is 9.72 Å². The smallest absolute Gasteiger partial charge is 0.421 e. The first-order valence-electron chi connectivity index (χ1n) is 4.29. The van der Waals surface area contributed by atoms with E-state index in [4.69, 9.17) is 5.73 Å². The number of hydrogen-bond acceptors (Lipinski definition) is 3. The molecule has 0 amide bonds. The number of nitrogens with zero attached hydrogens (tertiary/aromatic N) is 1. The van der Waals surface area contributed by atoms with Gasteiger partial charge in [-0.25, -0.2) is 4.98 Å². The lowest BCUT2D eigenvalue weighted by Crippen LogP contribution is -2.11. The molecule has 0 spiro atoms. The number of hydrogen-bond donors (Lipinski definition) is 1. The third-order valence-corrected chi connectivity index (χ3v) is 1.84. The zero-order chi connectivity index (χ0) is 11.5. The minimum atomic E-state index is -4.46. The van der Waals surface area contributed by atoms with Crippen LogP contribution in [-0.2, 0) is 12.6 Å². The van der Waals surface area contributed by atoms with Gasteiger partial charge in [-0.1, -0.05) is 0 Å². The highest BCUT2D eigenvalue weighted by Gasteiger charge is 2.35. The van der Waals surface area contributed by atoms with Crippen LogP contribution in [-0.4, -0.2) is 18.6 Å². The molecule has 0 aliphatic carbocycles. The van der Waals surface area contributed by atoms with Crippen molar-refractivity contribution < 1.29 is 17.9 Å². The Morgan fingerprint density at radius 1 is 1.47 bits per heavy atom. The van der Waals surface area contributed by atoms with E-state index in [9.17, 15) is 13.2 Å². The van der Waals surface area contributed by atoms with Crippen LogP contribution in [0.4, 0.5) is 13.2 Å². The second-order valence-corrected chi connectivity index (χ2v) is 2.94. The predicted octanol–water partition coefficient (Wildman–Crippen LogP) is 1.61. The van der Waals surface area contributed by atoms with Crippen LogP contribution >= 0.6 is 0 Å². The maximum Gasteiger partial charge on any atom is 0.421 e. The Bertz CT molecular complexity index is 339. The van der Waals surface area contributed by atoms with Crippen LogP contribution in [0.1, 0.15) is 11.1 Å². The van der Waals surface area contributed by atoms with E-state index >= 15 is 0 Å². The standard InChI is InChI=1S/C9H11F3N2O/c1-15-8-7(9(10,11)12)4-6(2-3-13)5-14-8/h4-5H,2-3,13H2,1H3. The van der Waals surface area contributed by atoms with Gasteiger partial charge in [0, 0.05) is 6.20 Å². The lowest BCUT2D eigenvalue weighted by Gasteiger charge is -2.11. The maximum atomic E-state index is 12.5. The van der Waals surface area contributed by atoms with Crippen molar-refractivity contribution in [3.8, 4) is 5.88 Å². The van der Waals surface area contributed by atoms with Crippen LogP contribution < -0.4 is 10.5 Å². The fraction of sp³-hybridized carbons (Fsp3) is 0.444. The number of nitrogens with two attached hydrogens (primary N) is 1. The molecule has 0 atom stereocenters. The molecule has 0 aliphatic rings. The van der Waals surface area contributed by atoms with Crippen LogP contribution in [0, 0.1) is 0 Å². The number of methoxy groups -OCH3 is 1. The topological polar surface area (TPSA) is 48.1 Å². The summed E-state index contributed by atoms with van der Waals surface area (Å²) in [5.74, 6) is -0.414. The second-order valence-electron chi connectivity index (χ2n) is 2.94. The lowest BCUT2D eigenvalue weighted by atomic mass is 10.1. The number of rotatable bonds is 3. The molecule has 0 bridgehead atoms. The third kappa shape index (κ3) is 2.82. The molecule has 1 rings (SSSR count). The third-order valence-electron chi connectivity index (χ3n) is 1.84. The van der Waals surface area contributed by atoms with Crippen molar-refractivity contribution in [2.24, 2.45) is 5.73 Å². The zero-order valence-corrected chi connectivity index (χ0v) is 8.14. The molecule has 3 nitrogen and oxygen atoms in total. The number of halogens is 3. The molecular weight excluding hydrogens is 209 g/mol. The number of alkyl halides is 3. The van der Waals surface area contributed by atoms with Gasteiger partial charge in [-0.3, -0.25) is 0 Å². The van der Waals surface area contributed by atoms with Crippen molar-refractivity contribution in [1.29, 1.82) is 0 Å². The summed E-state index contributed by atoms with van der Waals surface area (Å²) >= 11 is 0. The number of pyridine rings is 1. The van der Waals surface area contributed by atoms with Crippen molar-refractivity contribution in [1.82, 2.24) is 4.98 Å². The van der Waals surface area contributed by atoms with Crippen LogP contribution in [0.3, 0.4) is 0 Å². The van der Waals surface area contributed by atoms with Gasteiger partial charge in [-0.2, -0.15) is 13.2 Å². The molecule has 0 unspecified atom stereocenters. The normalized spacial score (nSPS) is 11.5. The fourth-order valence-corrected chi connectivity index (χ4v) is 1.16. The highest BCUT2D eigenvalue weighted by atomic mass is 19.4. The summed E-state index contributed by atoms with van der Waals surface area (Å²) in [7, 11) is 1.15. The first kappa shape index (κ1) is 11.8. The first-order chi connectivity index (χ1) is 6.99. The molecule has 0 aliphatic heterocycles. The Hall–Kier alpha value is -1.30. The number of ether oxygens (including phenoxy) is 1. The summed E-state index contributed by atoms with van der Waals surface area (Å²) in [6.45, 7) is 0.283. The summed E-state index contributed by atoms with van der Waals surface area (Å²) in [5.41, 5.74) is 4.83. The molecule has 1 heterocycles. The highest BCUT2D eigenvalue weighted by Crippen LogP contribution is 2.35. The molecule has 0 aromatic carbocycles. The number of aromatic nitrogens is 1. The molecule has 15 heavy (non-hydrogen) atoms. The Kier molecular flexibility index (Phi) is 3.52. The van der Waals surface area contributed by atoms with E-state index < -0.39 is 17.6 Å². The average Bonchev–Trinajstić information content (AvgIpc) is 2.17. The van der Waals surface area contributed by atoms with Gasteiger partial charge in [0.15, 0.2) is 0 Å². The minimum Gasteiger partial charge on any atom is -0.481 e. The van der Waals surface area contributed by atoms with Gasteiger partial charge in [0.2, 0.25) is 5.88 Å². The molecule has 1 aromatic rings. The first-order valence-corrected chi connectivity index (χ1v) is 4.29. The molecular formula is C9H11F3N2O. The quantitative estimate of drug-likeness (QED) is 0.841. The van der Waals surface area contributed by atoms with E-state index in [1.54, 1.807) is 0 Å². The summed E-state index contributed by atoms with van der Waals surface area (Å²) in [4.78, 5) is 3.58. The van der Waals surface area contributed by atoms with Crippen molar-refractivity contribution in [3.05, 3.63) is 23.4 Å². The highest BCUT2D eigenvalue weighted by molar-refractivity contribution is 5.32. The largest absolute Gasteiger partial charge is 0.481 e. The van der Waals surface area contributed by atoms with E-state index in [-0.39, 0.29) is 6.54 Å². The van der Waals surface area contributed by atoms with Gasteiger partial charge in [-0.15, -0.1) is 0 Å². The molecule has 84 valence electrons. The molecule has 0 radical (unpaired) electrons. The molecule has 6 heteroatoms. The summed E-state index contributed by atoms with van der Waals surface area (Å²) < 4.78 is 42.1. The Morgan fingerprint density at radius 2 is 2.13 bits per heavy atom. The van der Waals surface area contributed by atoms with Gasteiger partial charge in [-0.05, 0) is 24.6 Å². The molecule has 0 saturated carbocycles. The predicted molar refractivity (Wildman–Crippen MR) is 48.5 cm³/mol. The average molecular weight is 220 g/mol. The minimum absolute atomic E-state index is 0.283. The second kappa shape index (κ2) is 4.48. The molecule has 0 fully saturated rings. The molecule has 0 saturated heterocycles. The van der Waals surface area contributed by atoms with E-state index in [1.807, 2.05) is 0 Å². The summed E-state index contributed by atoms with van der Waals surface area (Å²) in [5, 5.41) is 0. The maximum absolute atomic E-state index is 12.5. The van der Waals surface area contributed by atoms with Gasteiger partial charge < -0.3 is 10.5 Å². The van der Waals surface area contributed by atoms with E-state index in [0.29, 0.717) is 12.0 Å². The van der Waals surface area contributed by atoms with E-state index in [0.717, 1.165) is 13.2 Å². The van der Waals surface area contributed by atoms with Gasteiger partial charge in [0.25, 0.3) is 0 Å². The van der Waals surface area contributed by atoms with Crippen molar-refractivity contribution in [3.63, 3.8) is 0 Å². The van der Waals surface area contributed by atoms with E-state index in [1.165, 1.54) is 6.20 Å². The van der Waals surface area contributed by atoms with Crippen molar-refractivity contribution >= 4 is 0 Å². The Morgan fingerprint density at radius 3 is 2.60 bits per heavy atom. The van der Waals surface area contributed by atoms with Crippen LogP contribution in [0.5, 0.6) is 5.88 Å².